The molecule has 1 aromatic rings. The summed E-state index contributed by atoms with van der Waals surface area (Å²) in [5.41, 5.74) is 6.58. The Morgan fingerprint density at radius 2 is 2.19 bits per heavy atom. The van der Waals surface area contributed by atoms with Gasteiger partial charge in [0, 0.05) is 19.1 Å². The number of nitrogens with one attached hydrogen (secondary N) is 1. The average Bonchev–Trinajstić information content (AvgIpc) is 2.99. The van der Waals surface area contributed by atoms with Crippen LogP contribution in [0.1, 0.15) is 25.3 Å². The summed E-state index contributed by atoms with van der Waals surface area (Å²) >= 11 is 0. The number of carbonyl (C=O) groups excluding carboxylic acids is 1. The van der Waals surface area contributed by atoms with Crippen molar-refractivity contribution >= 4 is 5.91 Å². The van der Waals surface area contributed by atoms with Crippen LogP contribution in [0.15, 0.2) is 24.3 Å². The molecule has 1 heterocycles. The van der Waals surface area contributed by atoms with Gasteiger partial charge in [-0.3, -0.25) is 9.69 Å². The maximum absolute atomic E-state index is 11.8. The highest BCUT2D eigenvalue weighted by Crippen LogP contribution is 2.15. The maximum Gasteiger partial charge on any atom is 0.257 e. The van der Waals surface area contributed by atoms with E-state index in [0.29, 0.717) is 24.9 Å². The molecule has 1 amide bonds. The molecule has 0 spiro atoms. The van der Waals surface area contributed by atoms with Crippen LogP contribution in [0.2, 0.25) is 0 Å². The molecule has 1 fully saturated rings. The van der Waals surface area contributed by atoms with Crippen LogP contribution in [0.4, 0.5) is 0 Å². The number of ether oxygens (including phenoxy) is 1. The molecule has 5 heteroatoms. The summed E-state index contributed by atoms with van der Waals surface area (Å²) in [5, 5.41) is 2.96. The third kappa shape index (κ3) is 4.72. The monoisotopic (exact) mass is 291 g/mol. The van der Waals surface area contributed by atoms with E-state index in [1.165, 1.54) is 6.42 Å². The number of nitrogens with two attached hydrogens (primary N) is 1. The van der Waals surface area contributed by atoms with Gasteiger partial charge in [0.25, 0.3) is 5.91 Å². The van der Waals surface area contributed by atoms with E-state index >= 15 is 0 Å². The first-order valence-electron chi connectivity index (χ1n) is 7.65. The van der Waals surface area contributed by atoms with Gasteiger partial charge in [0.15, 0.2) is 6.61 Å². The van der Waals surface area contributed by atoms with E-state index in [1.807, 2.05) is 24.3 Å². The molecule has 1 unspecified atom stereocenters. The van der Waals surface area contributed by atoms with E-state index in [2.05, 4.69) is 17.1 Å². The Kier molecular flexibility index (Phi) is 6.02. The van der Waals surface area contributed by atoms with Crippen LogP contribution >= 0.6 is 0 Å². The smallest absolute Gasteiger partial charge is 0.257 e. The summed E-state index contributed by atoms with van der Waals surface area (Å²) in [6.45, 7) is 5.62. The highest BCUT2D eigenvalue weighted by molar-refractivity contribution is 5.77. The van der Waals surface area contributed by atoms with Crippen LogP contribution in [0, 0.1) is 0 Å². The SMILES string of the molecule is CCN1CCCC1CNC(=O)COc1ccc(CN)cc1. The van der Waals surface area contributed by atoms with E-state index in [4.69, 9.17) is 10.5 Å². The fourth-order valence-electron chi connectivity index (χ4n) is 2.70. The second-order valence-electron chi connectivity index (χ2n) is 5.37. The largest absolute Gasteiger partial charge is 0.484 e. The topological polar surface area (TPSA) is 67.6 Å². The molecule has 0 aromatic heterocycles. The predicted octanol–water partition coefficient (Wildman–Crippen LogP) is 1.12. The maximum atomic E-state index is 11.8. The van der Waals surface area contributed by atoms with Gasteiger partial charge in [0.05, 0.1) is 0 Å². The van der Waals surface area contributed by atoms with Crippen molar-refractivity contribution in [2.45, 2.75) is 32.4 Å². The molecule has 21 heavy (non-hydrogen) atoms. The van der Waals surface area contributed by atoms with Crippen molar-refractivity contribution < 1.29 is 9.53 Å². The van der Waals surface area contributed by atoms with E-state index in [0.717, 1.165) is 25.1 Å². The number of likely N-dealkylation sites (tertiary alicyclic amines) is 1. The zero-order valence-corrected chi connectivity index (χ0v) is 12.7. The van der Waals surface area contributed by atoms with Gasteiger partial charge in [-0.15, -0.1) is 0 Å². The molecule has 1 aliphatic rings. The van der Waals surface area contributed by atoms with Gasteiger partial charge in [-0.2, -0.15) is 0 Å². The molecule has 0 radical (unpaired) electrons. The van der Waals surface area contributed by atoms with E-state index in [-0.39, 0.29) is 12.5 Å². The molecular weight excluding hydrogens is 266 g/mol. The number of hydrogen-bond acceptors (Lipinski definition) is 4. The van der Waals surface area contributed by atoms with Gasteiger partial charge in [-0.25, -0.2) is 0 Å². The first-order chi connectivity index (χ1) is 10.2. The molecule has 3 N–H and O–H groups in total. The quantitative estimate of drug-likeness (QED) is 0.790. The first-order valence-corrected chi connectivity index (χ1v) is 7.65. The number of carbonyl (C=O) groups is 1. The predicted molar refractivity (Wildman–Crippen MR) is 83.1 cm³/mol. The standard InChI is InChI=1S/C16H25N3O2/c1-2-19-9-3-4-14(19)11-18-16(20)12-21-15-7-5-13(10-17)6-8-15/h5-8,14H,2-4,9-12,17H2,1H3,(H,18,20). The van der Waals surface area contributed by atoms with Crippen molar-refractivity contribution in [2.24, 2.45) is 5.73 Å². The van der Waals surface area contributed by atoms with E-state index < -0.39 is 0 Å². The second kappa shape index (κ2) is 8.00. The Labute approximate surface area is 126 Å². The number of hydrogen-bond donors (Lipinski definition) is 2. The van der Waals surface area contributed by atoms with Crippen molar-refractivity contribution in [2.75, 3.05) is 26.2 Å². The van der Waals surface area contributed by atoms with Crippen molar-refractivity contribution in [1.82, 2.24) is 10.2 Å². The summed E-state index contributed by atoms with van der Waals surface area (Å²) in [7, 11) is 0. The minimum Gasteiger partial charge on any atom is -0.484 e. The van der Waals surface area contributed by atoms with Crippen LogP contribution in [-0.2, 0) is 11.3 Å². The minimum absolute atomic E-state index is 0.0564. The average molecular weight is 291 g/mol. The van der Waals surface area contributed by atoms with Crippen LogP contribution in [-0.4, -0.2) is 43.1 Å². The fraction of sp³-hybridized carbons (Fsp3) is 0.562. The Hall–Kier alpha value is -1.59. The lowest BCUT2D eigenvalue weighted by atomic mass is 10.2. The Bertz CT molecular complexity index is 447. The van der Waals surface area contributed by atoms with E-state index in [9.17, 15) is 4.79 Å². The molecule has 116 valence electrons. The van der Waals surface area contributed by atoms with Crippen LogP contribution in [0.25, 0.3) is 0 Å². The molecule has 1 saturated heterocycles. The minimum atomic E-state index is -0.0687. The molecular formula is C16H25N3O2. The highest BCUT2D eigenvalue weighted by Gasteiger charge is 2.23. The summed E-state index contributed by atoms with van der Waals surface area (Å²) in [5.74, 6) is 0.624. The summed E-state index contributed by atoms with van der Waals surface area (Å²) in [6.07, 6.45) is 2.38. The summed E-state index contributed by atoms with van der Waals surface area (Å²) in [4.78, 5) is 14.2. The number of amides is 1. The Morgan fingerprint density at radius 3 is 2.86 bits per heavy atom. The molecule has 1 aliphatic heterocycles. The van der Waals surface area contributed by atoms with Crippen LogP contribution in [0.3, 0.4) is 0 Å². The van der Waals surface area contributed by atoms with Gasteiger partial charge >= 0.3 is 0 Å². The molecule has 2 rings (SSSR count). The van der Waals surface area contributed by atoms with E-state index in [1.54, 1.807) is 0 Å². The molecule has 1 aromatic carbocycles. The van der Waals surface area contributed by atoms with Crippen molar-refractivity contribution in [3.05, 3.63) is 29.8 Å². The summed E-state index contributed by atoms with van der Waals surface area (Å²) < 4.78 is 5.47. The van der Waals surface area contributed by atoms with Gasteiger partial charge in [0.2, 0.25) is 0 Å². The van der Waals surface area contributed by atoms with Gasteiger partial charge in [0.1, 0.15) is 5.75 Å². The number of nitrogens with zero attached hydrogens (tertiary/aromatic N) is 1. The number of rotatable bonds is 7. The third-order valence-electron chi connectivity index (χ3n) is 3.97. The van der Waals surface area contributed by atoms with Crippen LogP contribution in [0.5, 0.6) is 5.75 Å². The fourth-order valence-corrected chi connectivity index (χ4v) is 2.70. The Balaban J connectivity index is 1.69. The second-order valence-corrected chi connectivity index (χ2v) is 5.37. The molecule has 1 atom stereocenters. The zero-order valence-electron chi connectivity index (χ0n) is 12.7. The Morgan fingerprint density at radius 1 is 1.43 bits per heavy atom. The van der Waals surface area contributed by atoms with Gasteiger partial charge in [-0.05, 0) is 43.6 Å². The van der Waals surface area contributed by atoms with Crippen molar-refractivity contribution in [1.29, 1.82) is 0 Å². The zero-order chi connectivity index (χ0) is 15.1. The third-order valence-corrected chi connectivity index (χ3v) is 3.97. The highest BCUT2D eigenvalue weighted by atomic mass is 16.5. The lowest BCUT2D eigenvalue weighted by molar-refractivity contribution is -0.123. The molecule has 5 nitrogen and oxygen atoms in total. The van der Waals surface area contributed by atoms with Gasteiger partial charge in [-0.1, -0.05) is 19.1 Å². The lowest BCUT2D eigenvalue weighted by Gasteiger charge is -2.22. The first kappa shape index (κ1) is 15.8. The summed E-state index contributed by atoms with van der Waals surface area (Å²) in [6, 6.07) is 7.97. The number of likely N-dealkylation sites (N-methyl/N-ethyl adjacent to an activating group) is 1. The molecule has 0 aliphatic carbocycles. The molecule has 0 saturated carbocycles. The number of benzene rings is 1. The van der Waals surface area contributed by atoms with Crippen LogP contribution < -0.4 is 15.8 Å². The van der Waals surface area contributed by atoms with Crippen molar-refractivity contribution in [3.63, 3.8) is 0 Å². The normalized spacial score (nSPS) is 18.7. The molecule has 0 bridgehead atoms. The van der Waals surface area contributed by atoms with Gasteiger partial charge < -0.3 is 15.8 Å². The van der Waals surface area contributed by atoms with Crippen molar-refractivity contribution in [3.8, 4) is 5.75 Å². The lowest BCUT2D eigenvalue weighted by Crippen LogP contribution is -2.41.